The molecule has 8 heteroatoms. The minimum Gasteiger partial charge on any atom is -0.466 e. The molecule has 1 saturated heterocycles. The van der Waals surface area contributed by atoms with Crippen molar-refractivity contribution in [1.82, 2.24) is 5.32 Å². The Morgan fingerprint density at radius 2 is 2.04 bits per heavy atom. The highest BCUT2D eigenvalue weighted by Gasteiger charge is 2.59. The van der Waals surface area contributed by atoms with Crippen molar-refractivity contribution in [3.8, 4) is 5.75 Å². The SMILES string of the molecule is CCOC(=O)[C@H]1[C@@H]2NC(=S)N(c3cccc(Cl)c3)[C@@]1(C)Oc1ccc(Cl)cc12. The standard InChI is InChI=1S/C20H18Cl2N2O3S/c1-3-26-18(25)16-17-14-10-12(22)7-8-15(14)27-20(16,2)24(19(28)23-17)13-6-4-5-11(21)9-13/h4-10,16-17H,3H2,1-2H3,(H,23,28)/t16-,17-,20+/m1/s1. The number of hydrogen-bond acceptors (Lipinski definition) is 4. The molecule has 0 spiro atoms. The van der Waals surface area contributed by atoms with Crippen LogP contribution in [0.5, 0.6) is 5.75 Å². The van der Waals surface area contributed by atoms with Gasteiger partial charge < -0.3 is 14.8 Å². The average molecular weight is 437 g/mol. The second-order valence-corrected chi connectivity index (χ2v) is 8.07. The maximum atomic E-state index is 13.0. The summed E-state index contributed by atoms with van der Waals surface area (Å²) in [5.41, 5.74) is 0.388. The molecule has 4 rings (SSSR count). The summed E-state index contributed by atoms with van der Waals surface area (Å²) in [6, 6.07) is 12.2. The van der Waals surface area contributed by atoms with Crippen LogP contribution in [0.3, 0.4) is 0 Å². The van der Waals surface area contributed by atoms with E-state index in [1.54, 1.807) is 42.2 Å². The van der Waals surface area contributed by atoms with Gasteiger partial charge in [0.1, 0.15) is 11.7 Å². The lowest BCUT2D eigenvalue weighted by molar-refractivity contribution is -0.159. The fourth-order valence-electron chi connectivity index (χ4n) is 3.95. The maximum absolute atomic E-state index is 13.0. The van der Waals surface area contributed by atoms with Crippen LogP contribution >= 0.6 is 35.4 Å². The number of fused-ring (bicyclic) bond motifs is 4. The Hall–Kier alpha value is -2.02. The summed E-state index contributed by atoms with van der Waals surface area (Å²) in [7, 11) is 0. The number of nitrogens with zero attached hydrogens (tertiary/aromatic N) is 1. The van der Waals surface area contributed by atoms with E-state index in [4.69, 9.17) is 44.9 Å². The van der Waals surface area contributed by atoms with Crippen LogP contribution in [0, 0.1) is 5.92 Å². The van der Waals surface area contributed by atoms with E-state index in [1.165, 1.54) is 0 Å². The first-order chi connectivity index (χ1) is 13.3. The van der Waals surface area contributed by atoms with Gasteiger partial charge in [-0.15, -0.1) is 0 Å². The molecule has 2 aliphatic heterocycles. The van der Waals surface area contributed by atoms with E-state index < -0.39 is 17.7 Å². The molecule has 5 nitrogen and oxygen atoms in total. The molecule has 2 heterocycles. The van der Waals surface area contributed by atoms with Gasteiger partial charge in [-0.2, -0.15) is 0 Å². The molecule has 2 aromatic rings. The number of benzene rings is 2. The lowest BCUT2D eigenvalue weighted by Gasteiger charge is -2.55. The Bertz CT molecular complexity index is 970. The molecule has 1 fully saturated rings. The number of esters is 1. The number of halogens is 2. The molecule has 2 bridgehead atoms. The van der Waals surface area contributed by atoms with E-state index in [1.807, 2.05) is 19.1 Å². The molecule has 2 aliphatic rings. The molecule has 146 valence electrons. The number of hydrogen-bond donors (Lipinski definition) is 1. The smallest absolute Gasteiger partial charge is 0.317 e. The van der Waals surface area contributed by atoms with Gasteiger partial charge in [0, 0.05) is 21.3 Å². The third-order valence-corrected chi connectivity index (χ3v) is 5.84. The average Bonchev–Trinajstić information content (AvgIpc) is 2.62. The van der Waals surface area contributed by atoms with Crippen molar-refractivity contribution in [3.05, 3.63) is 58.1 Å². The Labute approximate surface area is 178 Å². The quantitative estimate of drug-likeness (QED) is 0.554. The largest absolute Gasteiger partial charge is 0.466 e. The maximum Gasteiger partial charge on any atom is 0.317 e. The van der Waals surface area contributed by atoms with E-state index in [2.05, 4.69) is 5.32 Å². The van der Waals surface area contributed by atoms with E-state index in [9.17, 15) is 4.79 Å². The highest BCUT2D eigenvalue weighted by molar-refractivity contribution is 7.80. The summed E-state index contributed by atoms with van der Waals surface area (Å²) < 4.78 is 11.8. The van der Waals surface area contributed by atoms with Crippen molar-refractivity contribution in [2.45, 2.75) is 25.6 Å². The summed E-state index contributed by atoms with van der Waals surface area (Å²) in [4.78, 5) is 14.8. The summed E-state index contributed by atoms with van der Waals surface area (Å²) in [6.07, 6.45) is 0. The number of rotatable bonds is 3. The number of carbonyl (C=O) groups excluding carboxylic acids is 1. The normalized spacial score (nSPS) is 25.4. The van der Waals surface area contributed by atoms with Crippen LogP contribution in [0.1, 0.15) is 25.5 Å². The van der Waals surface area contributed by atoms with Crippen molar-refractivity contribution >= 4 is 52.2 Å². The van der Waals surface area contributed by atoms with Crippen molar-refractivity contribution in [2.24, 2.45) is 5.92 Å². The van der Waals surface area contributed by atoms with Crippen LogP contribution in [0.25, 0.3) is 0 Å². The van der Waals surface area contributed by atoms with Gasteiger partial charge in [-0.1, -0.05) is 29.3 Å². The number of ether oxygens (including phenoxy) is 2. The number of thiocarbonyl (C=S) groups is 1. The van der Waals surface area contributed by atoms with Gasteiger partial charge in [0.2, 0.25) is 5.72 Å². The fourth-order valence-corrected chi connectivity index (χ4v) is 4.73. The van der Waals surface area contributed by atoms with Gasteiger partial charge in [0.05, 0.1) is 12.6 Å². The van der Waals surface area contributed by atoms with Crippen LogP contribution in [0.4, 0.5) is 5.69 Å². The van der Waals surface area contributed by atoms with E-state index in [0.29, 0.717) is 20.9 Å². The van der Waals surface area contributed by atoms with Crippen molar-refractivity contribution in [3.63, 3.8) is 0 Å². The first-order valence-electron chi connectivity index (χ1n) is 8.86. The van der Waals surface area contributed by atoms with Crippen molar-refractivity contribution in [2.75, 3.05) is 11.5 Å². The van der Waals surface area contributed by atoms with Crippen LogP contribution in [0.2, 0.25) is 10.0 Å². The van der Waals surface area contributed by atoms with Crippen LogP contribution < -0.4 is 15.0 Å². The Balaban J connectivity index is 1.90. The number of anilines is 1. The minimum absolute atomic E-state index is 0.266. The zero-order valence-corrected chi connectivity index (χ0v) is 17.6. The van der Waals surface area contributed by atoms with Gasteiger partial charge in [-0.05, 0) is 62.5 Å². The van der Waals surface area contributed by atoms with Gasteiger partial charge in [0.15, 0.2) is 5.11 Å². The molecule has 2 aromatic carbocycles. The molecule has 1 N–H and O–H groups in total. The van der Waals surface area contributed by atoms with Gasteiger partial charge in [0.25, 0.3) is 0 Å². The van der Waals surface area contributed by atoms with Gasteiger partial charge in [-0.25, -0.2) is 0 Å². The Kier molecular flexibility index (Phi) is 4.89. The molecule has 0 unspecified atom stereocenters. The van der Waals surface area contributed by atoms with Crippen molar-refractivity contribution in [1.29, 1.82) is 0 Å². The van der Waals surface area contributed by atoms with E-state index >= 15 is 0 Å². The molecule has 0 amide bonds. The molecule has 0 aliphatic carbocycles. The molecule has 0 radical (unpaired) electrons. The summed E-state index contributed by atoms with van der Waals surface area (Å²) in [5.74, 6) is -0.411. The van der Waals surface area contributed by atoms with Crippen LogP contribution in [0.15, 0.2) is 42.5 Å². The number of carbonyl (C=O) groups is 1. The molecular weight excluding hydrogens is 419 g/mol. The minimum atomic E-state index is -1.11. The Morgan fingerprint density at radius 3 is 2.75 bits per heavy atom. The fraction of sp³-hybridized carbons (Fsp3) is 0.300. The molecule has 0 aromatic heterocycles. The third-order valence-electron chi connectivity index (χ3n) is 5.07. The summed E-state index contributed by atoms with van der Waals surface area (Å²) in [6.45, 7) is 3.88. The topological polar surface area (TPSA) is 50.8 Å². The number of nitrogens with one attached hydrogen (secondary N) is 1. The predicted octanol–water partition coefficient (Wildman–Crippen LogP) is 4.72. The zero-order chi connectivity index (χ0) is 20.1. The van der Waals surface area contributed by atoms with Gasteiger partial charge >= 0.3 is 5.97 Å². The van der Waals surface area contributed by atoms with E-state index in [-0.39, 0.29) is 12.6 Å². The van der Waals surface area contributed by atoms with Crippen molar-refractivity contribution < 1.29 is 14.3 Å². The first kappa shape index (κ1) is 19.3. The zero-order valence-electron chi connectivity index (χ0n) is 15.2. The van der Waals surface area contributed by atoms with Gasteiger partial charge in [-0.3, -0.25) is 9.69 Å². The van der Waals surface area contributed by atoms with E-state index in [0.717, 1.165) is 11.3 Å². The Morgan fingerprint density at radius 1 is 1.29 bits per heavy atom. The third kappa shape index (κ3) is 3.00. The molecule has 3 atom stereocenters. The second kappa shape index (κ2) is 7.10. The second-order valence-electron chi connectivity index (χ2n) is 6.81. The monoisotopic (exact) mass is 436 g/mol. The molecule has 28 heavy (non-hydrogen) atoms. The predicted molar refractivity (Wildman–Crippen MR) is 113 cm³/mol. The molecule has 0 saturated carbocycles. The highest BCUT2D eigenvalue weighted by Crippen LogP contribution is 2.50. The lowest BCUT2D eigenvalue weighted by Crippen LogP contribution is -2.71. The lowest BCUT2D eigenvalue weighted by atomic mass is 9.79. The van der Waals surface area contributed by atoms with Crippen LogP contribution in [-0.4, -0.2) is 23.4 Å². The summed E-state index contributed by atoms with van der Waals surface area (Å²) in [5, 5.41) is 4.83. The molecular formula is C20H18Cl2N2O3S. The first-order valence-corrected chi connectivity index (χ1v) is 10.0. The van der Waals surface area contributed by atoms with Crippen LogP contribution in [-0.2, 0) is 9.53 Å². The summed E-state index contributed by atoms with van der Waals surface area (Å²) >= 11 is 18.0. The highest BCUT2D eigenvalue weighted by atomic mass is 35.5.